The van der Waals surface area contributed by atoms with E-state index in [0.717, 1.165) is 31.7 Å². The standard InChI is InChI=1S/C32H36BrN3O5/c1-3-27(23-10-7-11-24(18-23)30(37)22-8-5-4-6-9-22)32(39)41-17-16-40-31(38)25-19-26(29(34)28(33)20-25)21-36-14-12-35(2)13-15-36/h4-11,18-20,27H,3,12-17,21,34H2,1-2H3. The van der Waals surface area contributed by atoms with Crippen molar-refractivity contribution in [2.75, 3.05) is 52.2 Å². The number of rotatable bonds is 11. The number of carbonyl (C=O) groups is 3. The van der Waals surface area contributed by atoms with E-state index in [1.54, 1.807) is 42.5 Å². The summed E-state index contributed by atoms with van der Waals surface area (Å²) in [5.41, 5.74) is 9.93. The molecule has 1 atom stereocenters. The van der Waals surface area contributed by atoms with Gasteiger partial charge in [0.2, 0.25) is 0 Å². The summed E-state index contributed by atoms with van der Waals surface area (Å²) in [6, 6.07) is 19.5. The SMILES string of the molecule is CCC(C(=O)OCCOC(=O)c1cc(Br)c(N)c(CN2CCN(C)CC2)c1)c1cccc(C(=O)c2ccccc2)c1. The maximum Gasteiger partial charge on any atom is 0.338 e. The monoisotopic (exact) mass is 621 g/mol. The van der Waals surface area contributed by atoms with Gasteiger partial charge in [-0.15, -0.1) is 0 Å². The van der Waals surface area contributed by atoms with Crippen LogP contribution in [-0.4, -0.2) is 74.0 Å². The van der Waals surface area contributed by atoms with E-state index in [9.17, 15) is 14.4 Å². The molecule has 1 unspecified atom stereocenters. The Morgan fingerprint density at radius 3 is 2.27 bits per heavy atom. The summed E-state index contributed by atoms with van der Waals surface area (Å²) in [5.74, 6) is -1.60. The van der Waals surface area contributed by atoms with E-state index in [1.807, 2.05) is 31.2 Å². The minimum absolute atomic E-state index is 0.0754. The number of hydrogen-bond acceptors (Lipinski definition) is 8. The number of ketones is 1. The van der Waals surface area contributed by atoms with Crippen molar-refractivity contribution >= 4 is 39.3 Å². The second-order valence-corrected chi connectivity index (χ2v) is 11.0. The van der Waals surface area contributed by atoms with Crippen molar-refractivity contribution in [3.05, 3.63) is 99.0 Å². The molecule has 0 saturated carbocycles. The van der Waals surface area contributed by atoms with Crippen LogP contribution in [0.4, 0.5) is 5.69 Å². The lowest BCUT2D eigenvalue weighted by Gasteiger charge is -2.32. The zero-order valence-electron chi connectivity index (χ0n) is 23.5. The summed E-state index contributed by atoms with van der Waals surface area (Å²) in [7, 11) is 2.10. The van der Waals surface area contributed by atoms with Gasteiger partial charge in [0.25, 0.3) is 0 Å². The molecule has 2 N–H and O–H groups in total. The van der Waals surface area contributed by atoms with Gasteiger partial charge in [-0.1, -0.05) is 55.5 Å². The van der Waals surface area contributed by atoms with Gasteiger partial charge < -0.3 is 20.1 Å². The Morgan fingerprint density at radius 2 is 1.56 bits per heavy atom. The Kier molecular flexibility index (Phi) is 10.7. The average Bonchev–Trinajstić information content (AvgIpc) is 2.99. The molecule has 0 bridgehead atoms. The Labute approximate surface area is 249 Å². The second-order valence-electron chi connectivity index (χ2n) is 10.2. The van der Waals surface area contributed by atoms with Crippen molar-refractivity contribution < 1.29 is 23.9 Å². The van der Waals surface area contributed by atoms with Crippen molar-refractivity contribution in [1.29, 1.82) is 0 Å². The lowest BCUT2D eigenvalue weighted by atomic mass is 9.93. The molecule has 0 radical (unpaired) electrons. The van der Waals surface area contributed by atoms with Gasteiger partial charge in [0.1, 0.15) is 13.2 Å². The Balaban J connectivity index is 1.31. The number of benzene rings is 3. The van der Waals surface area contributed by atoms with E-state index in [-0.39, 0.29) is 19.0 Å². The largest absolute Gasteiger partial charge is 0.462 e. The number of likely N-dealkylation sites (N-methyl/N-ethyl adjacent to an activating group) is 1. The molecule has 0 aromatic heterocycles. The van der Waals surface area contributed by atoms with Crippen LogP contribution in [0.1, 0.15) is 56.7 Å². The summed E-state index contributed by atoms with van der Waals surface area (Å²) < 4.78 is 11.5. The van der Waals surface area contributed by atoms with Gasteiger partial charge >= 0.3 is 11.9 Å². The lowest BCUT2D eigenvalue weighted by molar-refractivity contribution is -0.146. The van der Waals surface area contributed by atoms with Crippen LogP contribution in [0.5, 0.6) is 0 Å². The summed E-state index contributed by atoms with van der Waals surface area (Å²) in [5, 5.41) is 0. The number of hydrogen-bond donors (Lipinski definition) is 1. The highest BCUT2D eigenvalue weighted by atomic mass is 79.9. The van der Waals surface area contributed by atoms with E-state index in [0.29, 0.717) is 45.4 Å². The summed E-state index contributed by atoms with van der Waals surface area (Å²) >= 11 is 3.46. The summed E-state index contributed by atoms with van der Waals surface area (Å²) in [6.07, 6.45) is 0.497. The molecule has 1 heterocycles. The molecule has 41 heavy (non-hydrogen) atoms. The van der Waals surface area contributed by atoms with Crippen LogP contribution in [0.2, 0.25) is 0 Å². The molecule has 8 nitrogen and oxygen atoms in total. The van der Waals surface area contributed by atoms with E-state index < -0.39 is 17.9 Å². The first-order valence-electron chi connectivity index (χ1n) is 13.8. The zero-order chi connectivity index (χ0) is 29.4. The van der Waals surface area contributed by atoms with Crippen LogP contribution < -0.4 is 5.73 Å². The van der Waals surface area contributed by atoms with E-state index >= 15 is 0 Å². The first-order chi connectivity index (χ1) is 19.8. The van der Waals surface area contributed by atoms with E-state index in [4.69, 9.17) is 15.2 Å². The molecule has 4 rings (SSSR count). The molecular formula is C32H36BrN3O5. The molecule has 1 aliphatic heterocycles. The van der Waals surface area contributed by atoms with Crippen LogP contribution >= 0.6 is 15.9 Å². The van der Waals surface area contributed by atoms with E-state index in [2.05, 4.69) is 32.8 Å². The Morgan fingerprint density at radius 1 is 0.878 bits per heavy atom. The maximum atomic E-state index is 12.9. The van der Waals surface area contributed by atoms with Crippen molar-refractivity contribution in [3.63, 3.8) is 0 Å². The third kappa shape index (κ3) is 8.03. The fourth-order valence-corrected chi connectivity index (χ4v) is 5.32. The van der Waals surface area contributed by atoms with Gasteiger partial charge in [-0.3, -0.25) is 14.5 Å². The highest BCUT2D eigenvalue weighted by Crippen LogP contribution is 2.28. The fourth-order valence-electron chi connectivity index (χ4n) is 4.82. The molecule has 3 aromatic carbocycles. The molecule has 1 saturated heterocycles. The number of nitrogen functional groups attached to an aromatic ring is 1. The first-order valence-corrected chi connectivity index (χ1v) is 14.6. The minimum atomic E-state index is -0.542. The third-order valence-corrected chi connectivity index (χ3v) is 7.94. The van der Waals surface area contributed by atoms with Crippen LogP contribution in [-0.2, 0) is 20.8 Å². The Hall–Kier alpha value is -3.53. The minimum Gasteiger partial charge on any atom is -0.462 e. The highest BCUT2D eigenvalue weighted by molar-refractivity contribution is 9.10. The van der Waals surface area contributed by atoms with Gasteiger partial charge in [0.05, 0.1) is 17.2 Å². The molecule has 1 aliphatic rings. The number of nitrogens with zero attached hydrogens (tertiary/aromatic N) is 2. The van der Waals surface area contributed by atoms with Gasteiger partial charge in [-0.05, 0) is 58.7 Å². The van der Waals surface area contributed by atoms with Gasteiger partial charge in [-0.2, -0.15) is 0 Å². The van der Waals surface area contributed by atoms with E-state index in [1.165, 1.54) is 0 Å². The molecule has 1 fully saturated rings. The molecule has 216 valence electrons. The quantitative estimate of drug-likeness (QED) is 0.140. The van der Waals surface area contributed by atoms with Crippen LogP contribution in [0.25, 0.3) is 0 Å². The summed E-state index contributed by atoms with van der Waals surface area (Å²) in [4.78, 5) is 43.2. The van der Waals surface area contributed by atoms with Gasteiger partial charge in [0.15, 0.2) is 5.78 Å². The number of anilines is 1. The van der Waals surface area contributed by atoms with Crippen LogP contribution in [0.3, 0.4) is 0 Å². The maximum absolute atomic E-state index is 12.9. The topological polar surface area (TPSA) is 102 Å². The first kappa shape index (κ1) is 30.4. The second kappa shape index (κ2) is 14.4. The number of halogens is 1. The molecule has 3 aromatic rings. The predicted octanol–water partition coefficient (Wildman–Crippen LogP) is 4.90. The smallest absolute Gasteiger partial charge is 0.338 e. The number of piperazine rings is 1. The zero-order valence-corrected chi connectivity index (χ0v) is 25.1. The van der Waals surface area contributed by atoms with Gasteiger partial charge in [0, 0.05) is 48.3 Å². The third-order valence-electron chi connectivity index (χ3n) is 7.28. The molecule has 0 aliphatic carbocycles. The predicted molar refractivity (Wildman–Crippen MR) is 162 cm³/mol. The Bertz CT molecular complexity index is 1370. The van der Waals surface area contributed by atoms with Crippen molar-refractivity contribution in [3.8, 4) is 0 Å². The number of carbonyl (C=O) groups excluding carboxylic acids is 3. The fraction of sp³-hybridized carbons (Fsp3) is 0.344. The molecule has 9 heteroatoms. The normalized spacial score (nSPS) is 14.8. The van der Waals surface area contributed by atoms with Crippen molar-refractivity contribution in [2.24, 2.45) is 0 Å². The van der Waals surface area contributed by atoms with Gasteiger partial charge in [-0.25, -0.2) is 4.79 Å². The number of nitrogens with two attached hydrogens (primary N) is 1. The van der Waals surface area contributed by atoms with Crippen LogP contribution in [0, 0.1) is 0 Å². The number of ether oxygens (including phenoxy) is 2. The lowest BCUT2D eigenvalue weighted by Crippen LogP contribution is -2.44. The average molecular weight is 623 g/mol. The molecular weight excluding hydrogens is 586 g/mol. The number of esters is 2. The highest BCUT2D eigenvalue weighted by Gasteiger charge is 2.22. The molecule has 0 spiro atoms. The molecule has 0 amide bonds. The van der Waals surface area contributed by atoms with Crippen LogP contribution in [0.15, 0.2) is 71.2 Å². The van der Waals surface area contributed by atoms with Crippen molar-refractivity contribution in [1.82, 2.24) is 9.80 Å². The van der Waals surface area contributed by atoms with Crippen molar-refractivity contribution in [2.45, 2.75) is 25.8 Å². The summed E-state index contributed by atoms with van der Waals surface area (Å²) in [6.45, 7) is 6.20.